The fourth-order valence-corrected chi connectivity index (χ4v) is 4.59. The molecule has 31 heavy (non-hydrogen) atoms. The van der Waals surface area contributed by atoms with Gasteiger partial charge in [-0.3, -0.25) is 0 Å². The van der Waals surface area contributed by atoms with Crippen LogP contribution >= 0.6 is 0 Å². The summed E-state index contributed by atoms with van der Waals surface area (Å²) in [6.07, 6.45) is 7.00. The SMILES string of the molecule is c1ccc(C(OC2CCN(CCn3cc4ccccc4c3)CC2)c2ccccc2)cc1. The molecule has 1 saturated heterocycles. The summed E-state index contributed by atoms with van der Waals surface area (Å²) < 4.78 is 9.01. The molecule has 4 aromatic rings. The first-order valence-electron chi connectivity index (χ1n) is 11.4. The zero-order valence-electron chi connectivity index (χ0n) is 17.9. The van der Waals surface area contributed by atoms with Crippen LogP contribution in [0.4, 0.5) is 0 Å². The van der Waals surface area contributed by atoms with Crippen molar-refractivity contribution >= 4 is 10.8 Å². The molecule has 1 fully saturated rings. The second-order valence-electron chi connectivity index (χ2n) is 8.50. The standard InChI is InChI=1S/C28H30N2O/c1-3-9-23(10-4-1)28(24-11-5-2-6-12-24)31-27-15-17-29(18-16-27)19-20-30-21-25-13-7-8-14-26(25)22-30/h1-14,21-22,27-28H,15-20H2. The highest BCUT2D eigenvalue weighted by Crippen LogP contribution is 2.30. The first-order valence-corrected chi connectivity index (χ1v) is 11.4. The quantitative estimate of drug-likeness (QED) is 0.377. The van der Waals surface area contributed by atoms with Gasteiger partial charge in [0.25, 0.3) is 0 Å². The molecule has 0 bridgehead atoms. The molecule has 0 spiro atoms. The Bertz CT molecular complexity index is 1010. The highest BCUT2D eigenvalue weighted by Gasteiger charge is 2.24. The van der Waals surface area contributed by atoms with Gasteiger partial charge in [0.1, 0.15) is 6.10 Å². The monoisotopic (exact) mass is 410 g/mol. The molecule has 1 aliphatic rings. The summed E-state index contributed by atoms with van der Waals surface area (Å²) in [4.78, 5) is 2.57. The topological polar surface area (TPSA) is 17.4 Å². The van der Waals surface area contributed by atoms with Gasteiger partial charge in [-0.2, -0.15) is 0 Å². The van der Waals surface area contributed by atoms with Crippen molar-refractivity contribution in [3.05, 3.63) is 108 Å². The third-order valence-corrected chi connectivity index (χ3v) is 6.35. The van der Waals surface area contributed by atoms with Crippen molar-refractivity contribution < 1.29 is 4.74 Å². The van der Waals surface area contributed by atoms with E-state index in [1.165, 1.54) is 21.9 Å². The van der Waals surface area contributed by atoms with Crippen LogP contribution in [0, 0.1) is 0 Å². The van der Waals surface area contributed by atoms with Gasteiger partial charge in [0.05, 0.1) is 6.10 Å². The van der Waals surface area contributed by atoms with Gasteiger partial charge in [-0.15, -0.1) is 0 Å². The fraction of sp³-hybridized carbons (Fsp3) is 0.286. The van der Waals surface area contributed by atoms with Crippen molar-refractivity contribution in [3.8, 4) is 0 Å². The van der Waals surface area contributed by atoms with Crippen LogP contribution in [0.2, 0.25) is 0 Å². The van der Waals surface area contributed by atoms with E-state index in [1.54, 1.807) is 0 Å². The summed E-state index contributed by atoms with van der Waals surface area (Å²) in [6, 6.07) is 29.8. The number of benzene rings is 3. The van der Waals surface area contributed by atoms with Crippen molar-refractivity contribution in [2.75, 3.05) is 19.6 Å². The second-order valence-corrected chi connectivity index (χ2v) is 8.50. The third-order valence-electron chi connectivity index (χ3n) is 6.35. The van der Waals surface area contributed by atoms with Gasteiger partial charge in [-0.1, -0.05) is 84.9 Å². The lowest BCUT2D eigenvalue weighted by Gasteiger charge is -2.34. The van der Waals surface area contributed by atoms with Gasteiger partial charge >= 0.3 is 0 Å². The summed E-state index contributed by atoms with van der Waals surface area (Å²) in [7, 11) is 0. The summed E-state index contributed by atoms with van der Waals surface area (Å²) >= 11 is 0. The van der Waals surface area contributed by atoms with Crippen LogP contribution in [0.25, 0.3) is 10.8 Å². The van der Waals surface area contributed by atoms with Gasteiger partial charge in [-0.25, -0.2) is 0 Å². The van der Waals surface area contributed by atoms with Crippen LogP contribution < -0.4 is 0 Å². The Hall–Kier alpha value is -2.88. The molecule has 1 aliphatic heterocycles. The first-order chi connectivity index (χ1) is 15.3. The van der Waals surface area contributed by atoms with Crippen LogP contribution in [-0.4, -0.2) is 35.2 Å². The molecule has 0 unspecified atom stereocenters. The number of rotatable bonds is 7. The molecule has 3 aromatic carbocycles. The fourth-order valence-electron chi connectivity index (χ4n) is 4.59. The van der Waals surface area contributed by atoms with E-state index >= 15 is 0 Å². The molecule has 0 atom stereocenters. The van der Waals surface area contributed by atoms with E-state index in [-0.39, 0.29) is 6.10 Å². The number of ether oxygens (including phenoxy) is 1. The van der Waals surface area contributed by atoms with E-state index < -0.39 is 0 Å². The summed E-state index contributed by atoms with van der Waals surface area (Å²) in [5.41, 5.74) is 2.46. The summed E-state index contributed by atoms with van der Waals surface area (Å²) in [5.74, 6) is 0. The predicted molar refractivity (Wildman–Crippen MR) is 127 cm³/mol. The highest BCUT2D eigenvalue weighted by molar-refractivity contribution is 5.82. The Labute approximate surface area is 184 Å². The van der Waals surface area contributed by atoms with Crippen molar-refractivity contribution in [1.82, 2.24) is 9.47 Å². The maximum atomic E-state index is 6.68. The number of hydrogen-bond donors (Lipinski definition) is 0. The number of nitrogens with zero attached hydrogens (tertiary/aromatic N) is 2. The zero-order chi connectivity index (χ0) is 20.9. The smallest absolute Gasteiger partial charge is 0.108 e. The van der Waals surface area contributed by atoms with Crippen LogP contribution in [-0.2, 0) is 11.3 Å². The van der Waals surface area contributed by atoms with Gasteiger partial charge in [-0.05, 0) is 34.7 Å². The predicted octanol–water partition coefficient (Wildman–Crippen LogP) is 5.91. The average molecular weight is 411 g/mol. The minimum atomic E-state index is 0.00579. The molecule has 5 rings (SSSR count). The van der Waals surface area contributed by atoms with Crippen LogP contribution in [0.1, 0.15) is 30.1 Å². The molecule has 3 heteroatoms. The molecule has 2 heterocycles. The number of hydrogen-bond acceptors (Lipinski definition) is 2. The highest BCUT2D eigenvalue weighted by atomic mass is 16.5. The minimum Gasteiger partial charge on any atom is -0.365 e. The van der Waals surface area contributed by atoms with Crippen molar-refractivity contribution in [3.63, 3.8) is 0 Å². The molecule has 0 aliphatic carbocycles. The maximum Gasteiger partial charge on any atom is 0.108 e. The first kappa shape index (κ1) is 20.0. The van der Waals surface area contributed by atoms with E-state index in [4.69, 9.17) is 4.74 Å². The molecular weight excluding hydrogens is 380 g/mol. The molecule has 0 radical (unpaired) electrons. The molecule has 0 N–H and O–H groups in total. The Morgan fingerprint density at radius 3 is 1.74 bits per heavy atom. The van der Waals surface area contributed by atoms with Crippen molar-refractivity contribution in [2.45, 2.75) is 31.6 Å². The normalized spacial score (nSPS) is 15.6. The van der Waals surface area contributed by atoms with E-state index in [1.807, 2.05) is 0 Å². The Balaban J connectivity index is 1.17. The van der Waals surface area contributed by atoms with Gasteiger partial charge in [0.2, 0.25) is 0 Å². The van der Waals surface area contributed by atoms with E-state index in [0.29, 0.717) is 6.10 Å². The number of piperidine rings is 1. The zero-order valence-corrected chi connectivity index (χ0v) is 17.9. The van der Waals surface area contributed by atoms with Gasteiger partial charge < -0.3 is 14.2 Å². The summed E-state index contributed by atoms with van der Waals surface area (Å²) in [5, 5.41) is 2.64. The van der Waals surface area contributed by atoms with Gasteiger partial charge in [0.15, 0.2) is 0 Å². The lowest BCUT2D eigenvalue weighted by Crippen LogP contribution is -2.39. The number of aromatic nitrogens is 1. The van der Waals surface area contributed by atoms with Gasteiger partial charge in [0, 0.05) is 38.6 Å². The average Bonchev–Trinajstić information content (AvgIpc) is 3.26. The van der Waals surface area contributed by atoms with Crippen molar-refractivity contribution in [2.24, 2.45) is 0 Å². The Morgan fingerprint density at radius 1 is 0.677 bits per heavy atom. The van der Waals surface area contributed by atoms with Crippen LogP contribution in [0.3, 0.4) is 0 Å². The lowest BCUT2D eigenvalue weighted by atomic mass is 10.00. The maximum absolute atomic E-state index is 6.68. The van der Waals surface area contributed by atoms with E-state index in [2.05, 4.69) is 107 Å². The van der Waals surface area contributed by atoms with Crippen LogP contribution in [0.15, 0.2) is 97.3 Å². The van der Waals surface area contributed by atoms with Crippen LogP contribution in [0.5, 0.6) is 0 Å². The molecule has 0 amide bonds. The number of fused-ring (bicyclic) bond motifs is 1. The lowest BCUT2D eigenvalue weighted by molar-refractivity contribution is -0.0272. The van der Waals surface area contributed by atoms with Crippen molar-refractivity contribution in [1.29, 1.82) is 0 Å². The Kier molecular flexibility index (Phi) is 6.15. The molecule has 3 nitrogen and oxygen atoms in total. The number of likely N-dealkylation sites (tertiary alicyclic amines) is 1. The summed E-state index contributed by atoms with van der Waals surface area (Å²) in [6.45, 7) is 4.33. The Morgan fingerprint density at radius 2 is 1.19 bits per heavy atom. The minimum absolute atomic E-state index is 0.00579. The third kappa shape index (κ3) is 4.90. The van der Waals surface area contributed by atoms with E-state index in [0.717, 1.165) is 39.0 Å². The molecule has 158 valence electrons. The molecule has 1 aromatic heterocycles. The largest absolute Gasteiger partial charge is 0.365 e. The second kappa shape index (κ2) is 9.51. The molecule has 0 saturated carbocycles. The molecular formula is C28H30N2O. The van der Waals surface area contributed by atoms with E-state index in [9.17, 15) is 0 Å².